The van der Waals surface area contributed by atoms with E-state index in [2.05, 4.69) is 170 Å². The quantitative estimate of drug-likeness (QED) is 0.184. The Morgan fingerprint density at radius 2 is 0.894 bits per heavy atom. The highest BCUT2D eigenvalue weighted by Crippen LogP contribution is 2.53. The number of para-hydroxylation sites is 1. The fourth-order valence-corrected chi connectivity index (χ4v) is 7.72. The van der Waals surface area contributed by atoms with Gasteiger partial charge in [0, 0.05) is 22.1 Å². The van der Waals surface area contributed by atoms with Gasteiger partial charge in [0.05, 0.1) is 0 Å². The zero-order valence-electron chi connectivity index (χ0n) is 25.6. The van der Waals surface area contributed by atoms with Gasteiger partial charge in [-0.15, -0.1) is 0 Å². The minimum atomic E-state index is 0.911. The Bertz CT molecular complexity index is 2640. The Morgan fingerprint density at radius 1 is 0.319 bits per heavy atom. The lowest BCUT2D eigenvalue weighted by atomic mass is 9.84. The van der Waals surface area contributed by atoms with E-state index in [0.29, 0.717) is 0 Å². The first-order chi connectivity index (χ1) is 23.3. The fourth-order valence-electron chi connectivity index (χ4n) is 7.72. The molecule has 0 N–H and O–H groups in total. The molecular weight excluding hydrogens is 569 g/mol. The van der Waals surface area contributed by atoms with Crippen LogP contribution in [0.15, 0.2) is 170 Å². The molecule has 0 aromatic heterocycles. The highest BCUT2D eigenvalue weighted by atomic mass is 16.5. The molecule has 0 atom stereocenters. The number of hydrogen-bond acceptors (Lipinski definition) is 1. The zero-order chi connectivity index (χ0) is 30.9. The van der Waals surface area contributed by atoms with Crippen LogP contribution in [0.25, 0.3) is 87.6 Å². The van der Waals surface area contributed by atoms with Crippen molar-refractivity contribution >= 4 is 43.1 Å². The van der Waals surface area contributed by atoms with Crippen molar-refractivity contribution in [1.29, 1.82) is 0 Å². The summed E-state index contributed by atoms with van der Waals surface area (Å²) >= 11 is 0. The molecule has 1 aliphatic heterocycles. The van der Waals surface area contributed by atoms with Crippen LogP contribution in [0.4, 0.5) is 0 Å². The summed E-state index contributed by atoms with van der Waals surface area (Å²) < 4.78 is 6.84. The molecule has 0 spiro atoms. The van der Waals surface area contributed by atoms with Gasteiger partial charge in [-0.3, -0.25) is 0 Å². The van der Waals surface area contributed by atoms with Gasteiger partial charge in [0.15, 0.2) is 0 Å². The van der Waals surface area contributed by atoms with Gasteiger partial charge >= 0.3 is 0 Å². The van der Waals surface area contributed by atoms with E-state index < -0.39 is 0 Å². The molecule has 0 saturated heterocycles. The summed E-state index contributed by atoms with van der Waals surface area (Å²) in [4.78, 5) is 0. The third-order valence-corrected chi connectivity index (χ3v) is 9.82. The lowest BCUT2D eigenvalue weighted by molar-refractivity contribution is 0.489. The lowest BCUT2D eigenvalue weighted by Crippen LogP contribution is -2.00. The average Bonchev–Trinajstić information content (AvgIpc) is 3.14. The van der Waals surface area contributed by atoms with Gasteiger partial charge in [-0.05, 0) is 83.7 Å². The molecule has 218 valence electrons. The molecule has 10 rings (SSSR count). The van der Waals surface area contributed by atoms with E-state index in [9.17, 15) is 0 Å². The molecule has 47 heavy (non-hydrogen) atoms. The summed E-state index contributed by atoms with van der Waals surface area (Å²) in [6, 6.07) is 61.5. The minimum absolute atomic E-state index is 0.911. The third-order valence-electron chi connectivity index (χ3n) is 9.82. The second kappa shape index (κ2) is 10.2. The van der Waals surface area contributed by atoms with Gasteiger partial charge in [-0.2, -0.15) is 0 Å². The van der Waals surface area contributed by atoms with Gasteiger partial charge in [0.25, 0.3) is 0 Å². The van der Waals surface area contributed by atoms with Gasteiger partial charge in [0.1, 0.15) is 11.5 Å². The molecule has 0 radical (unpaired) electrons. The maximum atomic E-state index is 6.84. The summed E-state index contributed by atoms with van der Waals surface area (Å²) in [5.74, 6) is 1.83. The molecule has 1 heterocycles. The van der Waals surface area contributed by atoms with Crippen LogP contribution in [0.1, 0.15) is 0 Å². The first-order valence-corrected chi connectivity index (χ1v) is 16.2. The second-order valence-corrected chi connectivity index (χ2v) is 12.4. The smallest absolute Gasteiger partial charge is 0.143 e. The first-order valence-electron chi connectivity index (χ1n) is 16.2. The predicted molar refractivity (Wildman–Crippen MR) is 198 cm³/mol. The largest absolute Gasteiger partial charge is 0.455 e. The van der Waals surface area contributed by atoms with E-state index in [4.69, 9.17) is 4.74 Å². The van der Waals surface area contributed by atoms with Crippen molar-refractivity contribution in [2.45, 2.75) is 0 Å². The number of rotatable bonds is 3. The zero-order valence-corrected chi connectivity index (χ0v) is 25.6. The fraction of sp³-hybridized carbons (Fsp3) is 0. The van der Waals surface area contributed by atoms with Crippen LogP contribution in [0, 0.1) is 0 Å². The Hall–Kier alpha value is -6.18. The molecule has 1 nitrogen and oxygen atoms in total. The third kappa shape index (κ3) is 3.97. The van der Waals surface area contributed by atoms with E-state index in [0.717, 1.165) is 22.6 Å². The topological polar surface area (TPSA) is 9.23 Å². The molecule has 1 aliphatic rings. The molecule has 0 unspecified atom stereocenters. The molecule has 1 heteroatoms. The van der Waals surface area contributed by atoms with Crippen molar-refractivity contribution in [1.82, 2.24) is 0 Å². The van der Waals surface area contributed by atoms with Crippen molar-refractivity contribution in [3.05, 3.63) is 170 Å². The highest BCUT2D eigenvalue weighted by molar-refractivity contribution is 6.23. The maximum Gasteiger partial charge on any atom is 0.143 e. The Kier molecular flexibility index (Phi) is 5.64. The molecular formula is C46H28O. The molecule has 0 saturated carbocycles. The van der Waals surface area contributed by atoms with Crippen LogP contribution in [0.5, 0.6) is 11.5 Å². The molecule has 0 aliphatic carbocycles. The van der Waals surface area contributed by atoms with Crippen LogP contribution in [-0.2, 0) is 0 Å². The Labute approximate surface area is 272 Å². The average molecular weight is 597 g/mol. The van der Waals surface area contributed by atoms with Gasteiger partial charge in [-0.25, -0.2) is 0 Å². The molecule has 9 aromatic rings. The van der Waals surface area contributed by atoms with E-state index >= 15 is 0 Å². The monoisotopic (exact) mass is 596 g/mol. The molecule has 0 bridgehead atoms. The number of hydrogen-bond donors (Lipinski definition) is 0. The SMILES string of the molecule is c1ccc(-c2ccc3ccc(-c4c5ccccc5c(-c5cccc6c5Oc5cccc7cccc-6c57)c5ccccc45)cc3c2)cc1. The Morgan fingerprint density at radius 3 is 1.64 bits per heavy atom. The van der Waals surface area contributed by atoms with Crippen molar-refractivity contribution in [3.63, 3.8) is 0 Å². The molecule has 0 amide bonds. The van der Waals surface area contributed by atoms with Crippen LogP contribution in [0.3, 0.4) is 0 Å². The maximum absolute atomic E-state index is 6.84. The lowest BCUT2D eigenvalue weighted by Gasteiger charge is -2.25. The molecule has 0 fully saturated rings. The van der Waals surface area contributed by atoms with Crippen LogP contribution in [-0.4, -0.2) is 0 Å². The van der Waals surface area contributed by atoms with Gasteiger partial charge < -0.3 is 4.74 Å². The summed E-state index contributed by atoms with van der Waals surface area (Å²) in [5.41, 5.74) is 9.60. The van der Waals surface area contributed by atoms with E-state index in [1.54, 1.807) is 0 Å². The normalized spacial score (nSPS) is 12.0. The van der Waals surface area contributed by atoms with Crippen molar-refractivity contribution in [2.75, 3.05) is 0 Å². The second-order valence-electron chi connectivity index (χ2n) is 12.4. The number of benzene rings is 9. The van der Waals surface area contributed by atoms with Crippen LogP contribution < -0.4 is 4.74 Å². The van der Waals surface area contributed by atoms with Gasteiger partial charge in [0.2, 0.25) is 0 Å². The number of fused-ring (bicyclic) bond motifs is 5. The minimum Gasteiger partial charge on any atom is -0.455 e. The standard InChI is InChI=1S/C46H28O/c1-2-11-29(12-3-1)32-25-23-30-24-26-33(28-34(30)27-32)43-35-15-4-6-17-37(35)45(38-18-7-5-16-36(38)43)41-21-10-20-40-39-19-8-13-31-14-9-22-42(44(31)39)47-46(40)41/h1-28H. The van der Waals surface area contributed by atoms with E-state index in [-0.39, 0.29) is 0 Å². The summed E-state index contributed by atoms with van der Waals surface area (Å²) in [6.07, 6.45) is 0. The summed E-state index contributed by atoms with van der Waals surface area (Å²) in [5, 5.41) is 9.74. The van der Waals surface area contributed by atoms with E-state index in [1.807, 2.05) is 0 Å². The van der Waals surface area contributed by atoms with Gasteiger partial charge in [-0.1, -0.05) is 152 Å². The predicted octanol–water partition coefficient (Wildman–Crippen LogP) is 13.1. The highest BCUT2D eigenvalue weighted by Gasteiger charge is 2.25. The van der Waals surface area contributed by atoms with Crippen LogP contribution in [0.2, 0.25) is 0 Å². The van der Waals surface area contributed by atoms with Crippen molar-refractivity contribution < 1.29 is 4.74 Å². The van der Waals surface area contributed by atoms with Crippen LogP contribution >= 0.6 is 0 Å². The van der Waals surface area contributed by atoms with Crippen molar-refractivity contribution in [3.8, 4) is 56.0 Å². The van der Waals surface area contributed by atoms with Crippen molar-refractivity contribution in [2.24, 2.45) is 0 Å². The number of ether oxygens (including phenoxy) is 1. The Balaban J connectivity index is 1.24. The first kappa shape index (κ1) is 26.1. The molecule has 9 aromatic carbocycles. The van der Waals surface area contributed by atoms with E-state index in [1.165, 1.54) is 76.5 Å². The summed E-state index contributed by atoms with van der Waals surface area (Å²) in [6.45, 7) is 0. The summed E-state index contributed by atoms with van der Waals surface area (Å²) in [7, 11) is 0.